The highest BCUT2D eigenvalue weighted by molar-refractivity contribution is 6.39. The van der Waals surface area contributed by atoms with Gasteiger partial charge >= 0.3 is 6.03 Å². The van der Waals surface area contributed by atoms with Gasteiger partial charge in [-0.25, -0.2) is 19.4 Å². The number of fused-ring (bicyclic) bond motifs is 2. The first-order valence-corrected chi connectivity index (χ1v) is 18.0. The predicted octanol–water partition coefficient (Wildman–Crippen LogP) is 6.00. The van der Waals surface area contributed by atoms with Crippen LogP contribution in [-0.2, 0) is 24.6 Å². The first-order valence-electron chi connectivity index (χ1n) is 17.2. The number of rotatable bonds is 8. The van der Waals surface area contributed by atoms with E-state index >= 15 is 0 Å². The molecule has 12 nitrogen and oxygen atoms in total. The number of aryl methyl sites for hydroxylation is 2. The normalized spacial score (nSPS) is 17.6. The van der Waals surface area contributed by atoms with Crippen molar-refractivity contribution >= 4 is 51.5 Å². The van der Waals surface area contributed by atoms with E-state index in [2.05, 4.69) is 32.1 Å². The van der Waals surface area contributed by atoms with Gasteiger partial charge in [0.25, 0.3) is 5.56 Å². The number of carbonyl (C=O) groups excluding carboxylic acids is 1. The second-order valence-electron chi connectivity index (χ2n) is 13.2. The third-order valence-corrected chi connectivity index (χ3v) is 10.7. The Morgan fingerprint density at radius 2 is 1.81 bits per heavy atom. The number of urea groups is 1. The molecule has 2 aliphatic heterocycles. The zero-order valence-corrected chi connectivity index (χ0v) is 30.8. The molecule has 2 fully saturated rings. The van der Waals surface area contributed by atoms with Crippen molar-refractivity contribution in [2.75, 3.05) is 52.3 Å². The van der Waals surface area contributed by atoms with Crippen LogP contribution in [0, 0.1) is 0 Å². The van der Waals surface area contributed by atoms with E-state index in [4.69, 9.17) is 37.7 Å². The molecule has 0 bridgehead atoms. The minimum atomic E-state index is -0.251. The summed E-state index contributed by atoms with van der Waals surface area (Å²) < 4.78 is 11.8. The van der Waals surface area contributed by atoms with E-state index in [0.717, 1.165) is 67.7 Å². The van der Waals surface area contributed by atoms with Gasteiger partial charge in [-0.1, -0.05) is 53.5 Å². The quantitative estimate of drug-likeness (QED) is 0.175. The lowest BCUT2D eigenvalue weighted by atomic mass is 9.99. The van der Waals surface area contributed by atoms with Gasteiger partial charge < -0.3 is 30.3 Å². The zero-order chi connectivity index (χ0) is 36.4. The van der Waals surface area contributed by atoms with Crippen LogP contribution in [0.25, 0.3) is 33.2 Å². The molecule has 1 aliphatic carbocycles. The molecule has 3 N–H and O–H groups in total. The van der Waals surface area contributed by atoms with Crippen molar-refractivity contribution in [3.8, 4) is 28.3 Å². The van der Waals surface area contributed by atoms with Gasteiger partial charge in [-0.15, -0.1) is 0 Å². The first kappa shape index (κ1) is 35.6. The maximum absolute atomic E-state index is 12.8. The molecule has 270 valence electrons. The Kier molecular flexibility index (Phi) is 10.3. The third kappa shape index (κ3) is 6.91. The molecular weight excluding hydrogens is 703 g/mol. The summed E-state index contributed by atoms with van der Waals surface area (Å²) in [6.45, 7) is 3.99. The number of anilines is 2. The number of nitrogens with zero attached hydrogens (tertiary/aromatic N) is 5. The minimum Gasteiger partial charge on any atom is -0.481 e. The molecule has 14 heteroatoms. The fourth-order valence-corrected chi connectivity index (χ4v) is 7.77. The Bertz CT molecular complexity index is 2210. The van der Waals surface area contributed by atoms with Crippen molar-refractivity contribution < 1.29 is 14.3 Å². The van der Waals surface area contributed by atoms with Crippen LogP contribution >= 0.6 is 23.2 Å². The Hall–Kier alpha value is -4.75. The summed E-state index contributed by atoms with van der Waals surface area (Å²) in [6.07, 6.45) is 7.36. The van der Waals surface area contributed by atoms with Gasteiger partial charge in [-0.2, -0.15) is 5.10 Å². The van der Waals surface area contributed by atoms with Gasteiger partial charge in [0.1, 0.15) is 5.82 Å². The lowest BCUT2D eigenvalue weighted by Crippen LogP contribution is -2.45. The summed E-state index contributed by atoms with van der Waals surface area (Å²) in [5, 5.41) is 15.8. The number of hydrogen-bond acceptors (Lipinski definition) is 9. The molecule has 5 heterocycles. The smallest absolute Gasteiger partial charge is 0.318 e. The topological polar surface area (TPSA) is 136 Å². The number of benzene rings is 2. The fourth-order valence-electron chi connectivity index (χ4n) is 7.17. The van der Waals surface area contributed by atoms with E-state index in [1.54, 1.807) is 39.7 Å². The molecular formula is C38H40Cl2N8O4. The molecule has 2 aromatic carbocycles. The number of pyridine rings is 2. The summed E-state index contributed by atoms with van der Waals surface area (Å²) in [5.74, 6) is 1.06. The maximum atomic E-state index is 12.8. The maximum Gasteiger partial charge on any atom is 0.318 e. The molecule has 0 saturated carbocycles. The monoisotopic (exact) mass is 742 g/mol. The van der Waals surface area contributed by atoms with Crippen LogP contribution in [0.2, 0.25) is 10.0 Å². The molecule has 5 aromatic rings. The van der Waals surface area contributed by atoms with E-state index < -0.39 is 0 Å². The molecule has 1 unspecified atom stereocenters. The molecule has 1 atom stereocenters. The molecule has 3 aromatic heterocycles. The van der Waals surface area contributed by atoms with Crippen LogP contribution in [0.3, 0.4) is 0 Å². The Morgan fingerprint density at radius 1 is 1.02 bits per heavy atom. The fraction of sp³-hybridized carbons (Fsp3) is 0.342. The van der Waals surface area contributed by atoms with Crippen molar-refractivity contribution in [1.82, 2.24) is 35.3 Å². The second kappa shape index (κ2) is 15.1. The van der Waals surface area contributed by atoms with Crippen LogP contribution in [0.15, 0.2) is 65.7 Å². The number of methoxy groups -OCH3 is 2. The first-order chi connectivity index (χ1) is 25.2. The highest BCUT2D eigenvalue weighted by Crippen LogP contribution is 2.43. The lowest BCUT2D eigenvalue weighted by molar-refractivity contribution is 0.159. The Balaban J connectivity index is 0.000000251. The minimum absolute atomic E-state index is 0.00910. The van der Waals surface area contributed by atoms with Crippen molar-refractivity contribution in [2.24, 2.45) is 7.05 Å². The highest BCUT2D eigenvalue weighted by atomic mass is 35.5. The summed E-state index contributed by atoms with van der Waals surface area (Å²) in [5.41, 5.74) is 5.85. The summed E-state index contributed by atoms with van der Waals surface area (Å²) in [7, 11) is 4.91. The second-order valence-corrected chi connectivity index (χ2v) is 14.0. The van der Waals surface area contributed by atoms with Crippen molar-refractivity contribution in [3.63, 3.8) is 0 Å². The summed E-state index contributed by atoms with van der Waals surface area (Å²) >= 11 is 13.9. The molecule has 3 aliphatic rings. The Labute approximate surface area is 311 Å². The summed E-state index contributed by atoms with van der Waals surface area (Å²) in [4.78, 5) is 35.4. The highest BCUT2D eigenvalue weighted by Gasteiger charge is 2.44. The van der Waals surface area contributed by atoms with Crippen LogP contribution in [0.4, 0.5) is 16.3 Å². The van der Waals surface area contributed by atoms with Gasteiger partial charge in [0, 0.05) is 67.6 Å². The van der Waals surface area contributed by atoms with E-state index in [9.17, 15) is 9.59 Å². The molecule has 2 saturated heterocycles. The van der Waals surface area contributed by atoms with Crippen molar-refractivity contribution in [1.29, 1.82) is 0 Å². The van der Waals surface area contributed by atoms with Crippen molar-refractivity contribution in [3.05, 3.63) is 92.5 Å². The van der Waals surface area contributed by atoms with Gasteiger partial charge in [0.2, 0.25) is 5.88 Å². The van der Waals surface area contributed by atoms with E-state index in [0.29, 0.717) is 51.4 Å². The van der Waals surface area contributed by atoms with E-state index in [1.165, 1.54) is 15.8 Å². The molecule has 8 rings (SSSR count). The van der Waals surface area contributed by atoms with Gasteiger partial charge in [-0.3, -0.25) is 4.79 Å². The van der Waals surface area contributed by atoms with Crippen LogP contribution in [-0.4, -0.2) is 83.2 Å². The van der Waals surface area contributed by atoms with E-state index in [1.807, 2.05) is 41.3 Å². The van der Waals surface area contributed by atoms with Crippen LogP contribution in [0.5, 0.6) is 5.88 Å². The van der Waals surface area contributed by atoms with Gasteiger partial charge in [-0.05, 0) is 56.0 Å². The number of ether oxygens (including phenoxy) is 2. The number of hydrogen-bond donors (Lipinski definition) is 3. The zero-order valence-electron chi connectivity index (χ0n) is 29.3. The number of amides is 2. The standard InChI is InChI=1S/C29H23Cl2N5O2.C9H17N3O2/c1-36-29(37)24-17(15-33-36)12-13-32-27(24)34-22-11-5-9-20(26(22)31)19-8-4-10-21(25(19)30)23-14-16-6-3-7-18(16)28(35-23)38-2;1-14-5-4-12-7-9(11-8(12)13)2-3-10-6-9/h4-5,8-15H,3,6-7H2,1-2H3,(H,32,34);10H,2-7H2,1H3,(H,11,13). The Morgan fingerprint density at radius 3 is 2.58 bits per heavy atom. The van der Waals surface area contributed by atoms with Gasteiger partial charge in [0.15, 0.2) is 0 Å². The molecule has 0 radical (unpaired) electrons. The average molecular weight is 744 g/mol. The number of nitrogens with one attached hydrogen (secondary N) is 3. The lowest BCUT2D eigenvalue weighted by Gasteiger charge is -2.21. The third-order valence-electron chi connectivity index (χ3n) is 9.88. The molecule has 2 amide bonds. The number of halogens is 2. The number of aromatic nitrogens is 4. The molecule has 52 heavy (non-hydrogen) atoms. The average Bonchev–Trinajstić information content (AvgIpc) is 3.90. The van der Waals surface area contributed by atoms with Crippen LogP contribution in [0.1, 0.15) is 24.0 Å². The SMILES string of the molecule is COCCN1CC2(CCNC2)NC1=O.COc1nc(-c2cccc(-c3cccc(Nc4nccc5cnn(C)c(=O)c45)c3Cl)c2Cl)cc2c1CCC2. The summed E-state index contributed by atoms with van der Waals surface area (Å²) in [6, 6.07) is 15.4. The van der Waals surface area contributed by atoms with Crippen molar-refractivity contribution in [2.45, 2.75) is 31.2 Å². The number of carbonyl (C=O) groups is 1. The van der Waals surface area contributed by atoms with E-state index in [-0.39, 0.29) is 17.1 Å². The van der Waals surface area contributed by atoms with Crippen LogP contribution < -0.4 is 26.2 Å². The molecule has 1 spiro atoms. The van der Waals surface area contributed by atoms with Gasteiger partial charge in [0.05, 0.1) is 52.3 Å². The largest absolute Gasteiger partial charge is 0.481 e. The predicted molar refractivity (Wildman–Crippen MR) is 204 cm³/mol.